The number of aliphatic hydroxyl groups is 1. The van der Waals surface area contributed by atoms with Crippen LogP contribution in [0.4, 0.5) is 11.4 Å². The number of aromatic nitrogens is 2. The molecule has 234 valence electrons. The molecular weight excluding hydrogens is 600 g/mol. The first-order valence-corrected chi connectivity index (χ1v) is 16.0. The minimum absolute atomic E-state index is 0.0109. The van der Waals surface area contributed by atoms with Crippen LogP contribution in [0.25, 0.3) is 11.0 Å². The number of hydrogen-bond donors (Lipinski definition) is 3. The van der Waals surface area contributed by atoms with Crippen molar-refractivity contribution in [2.75, 3.05) is 16.4 Å². The highest BCUT2D eigenvalue weighted by Gasteiger charge is 2.38. The summed E-state index contributed by atoms with van der Waals surface area (Å²) in [5, 5.41) is 15.3. The molecule has 0 unspecified atom stereocenters. The topological polar surface area (TPSA) is 123 Å². The molecule has 1 fully saturated rings. The van der Waals surface area contributed by atoms with E-state index in [2.05, 4.69) is 27.5 Å². The van der Waals surface area contributed by atoms with Crippen molar-refractivity contribution in [3.05, 3.63) is 126 Å². The van der Waals surface area contributed by atoms with Gasteiger partial charge < -0.3 is 25.2 Å². The van der Waals surface area contributed by atoms with Gasteiger partial charge in [-0.3, -0.25) is 14.6 Å². The number of rotatable bonds is 9. The molecule has 9 nitrogen and oxygen atoms in total. The third-order valence-corrected chi connectivity index (χ3v) is 8.91. The molecule has 1 aliphatic heterocycles. The van der Waals surface area contributed by atoms with Gasteiger partial charge in [0.05, 0.1) is 36.0 Å². The van der Waals surface area contributed by atoms with E-state index in [1.807, 2.05) is 97.1 Å². The van der Waals surface area contributed by atoms with Crippen LogP contribution in [-0.4, -0.2) is 38.7 Å². The van der Waals surface area contributed by atoms with Gasteiger partial charge in [0.25, 0.3) is 5.91 Å². The number of thioether (sulfide) groups is 1. The van der Waals surface area contributed by atoms with E-state index in [0.29, 0.717) is 17.0 Å². The summed E-state index contributed by atoms with van der Waals surface area (Å²) < 4.78 is 13.2. The standard InChI is InChI=1S/C36H34N4O5S/c1-22-33(21-46-29-16-14-27(15-17-29)38-23(2)42)44-36(45-34(22)25-12-10-24(20-41)11-13-25)26-6-5-7-28(18-26)39-35(43)32-19-37-30-8-3-4-9-31(30)40-32/h3-19,22,33-34,36,41H,20-21H2,1-2H3,(H,38,42)(H,39,43)/t22-,33+,34+,36+/m1/s1. The van der Waals surface area contributed by atoms with Crippen LogP contribution < -0.4 is 10.6 Å². The second-order valence-electron chi connectivity index (χ2n) is 11.2. The van der Waals surface area contributed by atoms with Gasteiger partial charge in [-0.1, -0.05) is 55.5 Å². The van der Waals surface area contributed by atoms with Crippen molar-refractivity contribution in [3.63, 3.8) is 0 Å². The fraction of sp³-hybridized carbons (Fsp3) is 0.222. The average molecular weight is 635 g/mol. The molecule has 0 spiro atoms. The maximum atomic E-state index is 13.1. The molecule has 2 amide bonds. The smallest absolute Gasteiger partial charge is 0.275 e. The summed E-state index contributed by atoms with van der Waals surface area (Å²) in [7, 11) is 0. The Balaban J connectivity index is 1.21. The molecule has 0 aliphatic carbocycles. The van der Waals surface area contributed by atoms with E-state index in [9.17, 15) is 14.7 Å². The summed E-state index contributed by atoms with van der Waals surface area (Å²) >= 11 is 1.67. The Morgan fingerprint density at radius 1 is 0.848 bits per heavy atom. The Kier molecular flexibility index (Phi) is 9.70. The van der Waals surface area contributed by atoms with Gasteiger partial charge in [0.1, 0.15) is 5.69 Å². The number of carbonyl (C=O) groups excluding carboxylic acids is 2. The zero-order valence-electron chi connectivity index (χ0n) is 25.4. The zero-order valence-corrected chi connectivity index (χ0v) is 26.2. The molecule has 0 bridgehead atoms. The molecule has 1 aliphatic rings. The molecular formula is C36H34N4O5S. The number of fused-ring (bicyclic) bond motifs is 1. The monoisotopic (exact) mass is 634 g/mol. The molecule has 4 aromatic carbocycles. The lowest BCUT2D eigenvalue weighted by Gasteiger charge is -2.41. The van der Waals surface area contributed by atoms with Crippen LogP contribution >= 0.6 is 11.8 Å². The summed E-state index contributed by atoms with van der Waals surface area (Å²) in [6.07, 6.45) is 0.333. The van der Waals surface area contributed by atoms with Gasteiger partial charge in [-0.2, -0.15) is 0 Å². The van der Waals surface area contributed by atoms with Crippen molar-refractivity contribution in [2.24, 2.45) is 5.92 Å². The van der Waals surface area contributed by atoms with Gasteiger partial charge >= 0.3 is 0 Å². The largest absolute Gasteiger partial charge is 0.392 e. The molecule has 2 heterocycles. The first kappa shape index (κ1) is 31.4. The Hall–Kier alpha value is -4.61. The molecule has 5 aromatic rings. The number of nitrogens with one attached hydrogen (secondary N) is 2. The van der Waals surface area contributed by atoms with Crippen molar-refractivity contribution in [1.82, 2.24) is 9.97 Å². The van der Waals surface area contributed by atoms with Crippen LogP contribution in [0.15, 0.2) is 108 Å². The summed E-state index contributed by atoms with van der Waals surface area (Å²) in [6, 6.07) is 30.4. The number of anilines is 2. The number of para-hydroxylation sites is 2. The lowest BCUT2D eigenvalue weighted by molar-refractivity contribution is -0.268. The van der Waals surface area contributed by atoms with Gasteiger partial charge in [-0.15, -0.1) is 11.8 Å². The van der Waals surface area contributed by atoms with Gasteiger partial charge in [-0.05, 0) is 59.7 Å². The lowest BCUT2D eigenvalue weighted by Crippen LogP contribution is -2.38. The van der Waals surface area contributed by atoms with Crippen molar-refractivity contribution in [1.29, 1.82) is 0 Å². The number of benzene rings is 4. The summed E-state index contributed by atoms with van der Waals surface area (Å²) in [4.78, 5) is 34.4. The Bertz CT molecular complexity index is 1830. The number of aliphatic hydroxyl groups excluding tert-OH is 1. The minimum Gasteiger partial charge on any atom is -0.392 e. The number of carbonyl (C=O) groups is 2. The number of nitrogens with zero attached hydrogens (tertiary/aromatic N) is 2. The van der Waals surface area contributed by atoms with E-state index >= 15 is 0 Å². The fourth-order valence-electron chi connectivity index (χ4n) is 5.35. The predicted molar refractivity (Wildman–Crippen MR) is 178 cm³/mol. The van der Waals surface area contributed by atoms with Gasteiger partial charge in [-0.25, -0.2) is 4.98 Å². The van der Waals surface area contributed by atoms with E-state index in [1.54, 1.807) is 11.8 Å². The minimum atomic E-state index is -0.691. The van der Waals surface area contributed by atoms with Crippen LogP contribution in [0.5, 0.6) is 0 Å². The number of ether oxygens (including phenoxy) is 2. The molecule has 0 saturated carbocycles. The Morgan fingerprint density at radius 2 is 1.61 bits per heavy atom. The highest BCUT2D eigenvalue weighted by Crippen LogP contribution is 2.43. The SMILES string of the molecule is CC(=O)Nc1ccc(SC[C@@H]2O[C@H](c3cccc(NC(=O)c4cnc5ccccc5n4)c3)O[C@H](c3ccc(CO)cc3)[C@@H]2C)cc1. The highest BCUT2D eigenvalue weighted by molar-refractivity contribution is 7.99. The molecule has 6 rings (SSSR count). The molecule has 4 atom stereocenters. The van der Waals surface area contributed by atoms with Crippen LogP contribution in [0.1, 0.15) is 53.4 Å². The molecule has 0 radical (unpaired) electrons. The van der Waals surface area contributed by atoms with Gasteiger partial charge in [0.15, 0.2) is 6.29 Å². The van der Waals surface area contributed by atoms with Gasteiger partial charge in [0, 0.05) is 40.4 Å². The Labute approximate surface area is 271 Å². The summed E-state index contributed by atoms with van der Waals surface area (Å²) in [6.45, 7) is 3.57. The van der Waals surface area contributed by atoms with E-state index in [4.69, 9.17) is 9.47 Å². The molecule has 46 heavy (non-hydrogen) atoms. The van der Waals surface area contributed by atoms with Crippen molar-refractivity contribution >= 4 is 46.0 Å². The molecule has 10 heteroatoms. The zero-order chi connectivity index (χ0) is 32.0. The van der Waals surface area contributed by atoms with Crippen LogP contribution in [0.3, 0.4) is 0 Å². The van der Waals surface area contributed by atoms with Crippen LogP contribution in [0.2, 0.25) is 0 Å². The Morgan fingerprint density at radius 3 is 2.35 bits per heavy atom. The second kappa shape index (κ2) is 14.2. The summed E-state index contributed by atoms with van der Waals surface area (Å²) in [5.74, 6) is 0.204. The maximum absolute atomic E-state index is 13.1. The van der Waals surface area contributed by atoms with Crippen LogP contribution in [0, 0.1) is 5.92 Å². The number of hydrogen-bond acceptors (Lipinski definition) is 8. The molecule has 3 N–H and O–H groups in total. The van der Waals surface area contributed by atoms with Crippen LogP contribution in [-0.2, 0) is 20.9 Å². The van der Waals surface area contributed by atoms with Crippen molar-refractivity contribution in [2.45, 2.75) is 43.8 Å². The first-order chi connectivity index (χ1) is 22.4. The average Bonchev–Trinajstić information content (AvgIpc) is 3.08. The fourth-order valence-corrected chi connectivity index (χ4v) is 6.42. The predicted octanol–water partition coefficient (Wildman–Crippen LogP) is 6.92. The quantitative estimate of drug-likeness (QED) is 0.150. The second-order valence-corrected chi connectivity index (χ2v) is 12.3. The summed E-state index contributed by atoms with van der Waals surface area (Å²) in [5.41, 5.74) is 5.50. The van der Waals surface area contributed by atoms with Crippen molar-refractivity contribution in [3.8, 4) is 0 Å². The van der Waals surface area contributed by atoms with E-state index in [1.165, 1.54) is 13.1 Å². The van der Waals surface area contributed by atoms with Crippen molar-refractivity contribution < 1.29 is 24.2 Å². The normalized spacial score (nSPS) is 19.5. The number of amides is 2. The first-order valence-electron chi connectivity index (χ1n) is 15.0. The van der Waals surface area contributed by atoms with Gasteiger partial charge in [0.2, 0.25) is 5.91 Å². The van der Waals surface area contributed by atoms with E-state index in [-0.39, 0.29) is 42.2 Å². The third-order valence-electron chi connectivity index (χ3n) is 7.81. The van der Waals surface area contributed by atoms with E-state index < -0.39 is 6.29 Å². The third kappa shape index (κ3) is 7.43. The molecule has 1 saturated heterocycles. The lowest BCUT2D eigenvalue weighted by atomic mass is 9.91. The van der Waals surface area contributed by atoms with E-state index in [0.717, 1.165) is 32.8 Å². The highest BCUT2D eigenvalue weighted by atomic mass is 32.2. The maximum Gasteiger partial charge on any atom is 0.275 e. The molecule has 1 aromatic heterocycles.